The SMILES string of the molecule is CCN(c1ccccc1)C(C)(CC(C)C)C(=O)O. The lowest BCUT2D eigenvalue weighted by Crippen LogP contribution is -2.53. The number of nitrogens with zero attached hydrogens (tertiary/aromatic N) is 1. The second-order valence-corrected chi connectivity index (χ2v) is 5.26. The van der Waals surface area contributed by atoms with Gasteiger partial charge in [0.05, 0.1) is 0 Å². The fraction of sp³-hybridized carbons (Fsp3) is 0.533. The van der Waals surface area contributed by atoms with E-state index >= 15 is 0 Å². The Morgan fingerprint density at radius 1 is 1.33 bits per heavy atom. The number of likely N-dealkylation sites (N-methyl/N-ethyl adjacent to an activating group) is 1. The maximum Gasteiger partial charge on any atom is 0.329 e. The molecule has 1 atom stereocenters. The van der Waals surface area contributed by atoms with Crippen molar-refractivity contribution in [3.05, 3.63) is 30.3 Å². The first-order chi connectivity index (χ1) is 8.41. The first-order valence-corrected chi connectivity index (χ1v) is 6.48. The van der Waals surface area contributed by atoms with Gasteiger partial charge in [0.2, 0.25) is 0 Å². The van der Waals surface area contributed by atoms with E-state index in [4.69, 9.17) is 0 Å². The van der Waals surface area contributed by atoms with Gasteiger partial charge in [-0.15, -0.1) is 0 Å². The third kappa shape index (κ3) is 3.03. The van der Waals surface area contributed by atoms with E-state index < -0.39 is 11.5 Å². The molecule has 18 heavy (non-hydrogen) atoms. The van der Waals surface area contributed by atoms with Crippen molar-refractivity contribution in [3.63, 3.8) is 0 Å². The fourth-order valence-electron chi connectivity index (χ4n) is 2.53. The molecule has 1 rings (SSSR count). The standard InChI is InChI=1S/C15H23NO2/c1-5-16(13-9-7-6-8-10-13)15(4,14(17)18)11-12(2)3/h6-10,12H,5,11H2,1-4H3,(H,17,18). The minimum absolute atomic E-state index is 0.337. The lowest BCUT2D eigenvalue weighted by Gasteiger charge is -2.40. The number of aliphatic carboxylic acids is 1. The second kappa shape index (κ2) is 5.89. The summed E-state index contributed by atoms with van der Waals surface area (Å²) in [5.41, 5.74) is 0.107. The van der Waals surface area contributed by atoms with Gasteiger partial charge in [-0.3, -0.25) is 0 Å². The maximum absolute atomic E-state index is 11.7. The summed E-state index contributed by atoms with van der Waals surface area (Å²) < 4.78 is 0. The van der Waals surface area contributed by atoms with Gasteiger partial charge in [-0.25, -0.2) is 4.79 Å². The Labute approximate surface area is 109 Å². The van der Waals surface area contributed by atoms with Crippen molar-refractivity contribution in [1.82, 2.24) is 0 Å². The first-order valence-electron chi connectivity index (χ1n) is 6.48. The quantitative estimate of drug-likeness (QED) is 0.840. The number of carboxylic acids is 1. The number of anilines is 1. The van der Waals surface area contributed by atoms with Crippen LogP contribution in [-0.2, 0) is 4.79 Å². The average molecular weight is 249 g/mol. The van der Waals surface area contributed by atoms with Crippen LogP contribution in [0.15, 0.2) is 30.3 Å². The van der Waals surface area contributed by atoms with E-state index in [1.165, 1.54) is 0 Å². The molecular weight excluding hydrogens is 226 g/mol. The summed E-state index contributed by atoms with van der Waals surface area (Å²) in [5.74, 6) is -0.425. The van der Waals surface area contributed by atoms with E-state index in [0.717, 1.165) is 5.69 Å². The minimum atomic E-state index is -0.857. The molecule has 0 radical (unpaired) electrons. The van der Waals surface area contributed by atoms with Gasteiger partial charge in [0.15, 0.2) is 0 Å². The van der Waals surface area contributed by atoms with E-state index in [1.807, 2.05) is 49.1 Å². The number of benzene rings is 1. The summed E-state index contributed by atoms with van der Waals surface area (Å²) in [6.07, 6.45) is 0.630. The van der Waals surface area contributed by atoms with Crippen molar-refractivity contribution in [1.29, 1.82) is 0 Å². The molecule has 0 saturated carbocycles. The predicted octanol–water partition coefficient (Wildman–Crippen LogP) is 3.40. The molecule has 0 bridgehead atoms. The molecule has 0 aliphatic rings. The normalized spacial score (nSPS) is 14.3. The summed E-state index contributed by atoms with van der Waals surface area (Å²) >= 11 is 0. The van der Waals surface area contributed by atoms with E-state index in [9.17, 15) is 9.90 Å². The fourth-order valence-corrected chi connectivity index (χ4v) is 2.53. The van der Waals surface area contributed by atoms with E-state index in [2.05, 4.69) is 13.8 Å². The highest BCUT2D eigenvalue weighted by molar-refractivity contribution is 5.83. The zero-order chi connectivity index (χ0) is 13.8. The Morgan fingerprint density at radius 2 is 1.89 bits per heavy atom. The van der Waals surface area contributed by atoms with Gasteiger partial charge in [-0.2, -0.15) is 0 Å². The molecule has 3 nitrogen and oxygen atoms in total. The number of rotatable bonds is 6. The summed E-state index contributed by atoms with van der Waals surface area (Å²) in [6.45, 7) is 8.60. The van der Waals surface area contributed by atoms with Crippen LogP contribution >= 0.6 is 0 Å². The molecule has 0 aliphatic heterocycles. The van der Waals surface area contributed by atoms with E-state index in [1.54, 1.807) is 0 Å². The van der Waals surface area contributed by atoms with Crippen LogP contribution in [0.2, 0.25) is 0 Å². The van der Waals surface area contributed by atoms with Crippen LogP contribution in [0.5, 0.6) is 0 Å². The van der Waals surface area contributed by atoms with Crippen LogP contribution < -0.4 is 4.90 Å². The zero-order valence-electron chi connectivity index (χ0n) is 11.7. The highest BCUT2D eigenvalue weighted by Crippen LogP contribution is 2.29. The van der Waals surface area contributed by atoms with Gasteiger partial charge >= 0.3 is 5.97 Å². The summed E-state index contributed by atoms with van der Waals surface area (Å²) in [7, 11) is 0. The van der Waals surface area contributed by atoms with Crippen molar-refractivity contribution >= 4 is 11.7 Å². The third-order valence-corrected chi connectivity index (χ3v) is 3.25. The Kier molecular flexibility index (Phi) is 4.76. The topological polar surface area (TPSA) is 40.5 Å². The van der Waals surface area contributed by atoms with Crippen LogP contribution in [-0.4, -0.2) is 23.2 Å². The van der Waals surface area contributed by atoms with E-state index in [0.29, 0.717) is 18.9 Å². The highest BCUT2D eigenvalue weighted by atomic mass is 16.4. The molecule has 0 aliphatic carbocycles. The van der Waals surface area contributed by atoms with Crippen LogP contribution in [0.25, 0.3) is 0 Å². The van der Waals surface area contributed by atoms with Crippen molar-refractivity contribution in [2.24, 2.45) is 5.92 Å². The molecule has 3 heteroatoms. The summed E-state index contributed by atoms with van der Waals surface area (Å²) in [6, 6.07) is 9.75. The summed E-state index contributed by atoms with van der Waals surface area (Å²) in [4.78, 5) is 13.7. The Balaban J connectivity index is 3.13. The molecule has 0 spiro atoms. The van der Waals surface area contributed by atoms with Gasteiger partial charge in [0.25, 0.3) is 0 Å². The Hall–Kier alpha value is -1.51. The van der Waals surface area contributed by atoms with Crippen molar-refractivity contribution in [3.8, 4) is 0 Å². The molecule has 1 aromatic carbocycles. The lowest BCUT2D eigenvalue weighted by molar-refractivity contribution is -0.143. The third-order valence-electron chi connectivity index (χ3n) is 3.25. The number of hydrogen-bond donors (Lipinski definition) is 1. The molecule has 1 aromatic rings. The number of carboxylic acid groups (broad SMARTS) is 1. The second-order valence-electron chi connectivity index (χ2n) is 5.26. The molecule has 0 fully saturated rings. The van der Waals surface area contributed by atoms with Gasteiger partial charge < -0.3 is 10.0 Å². The number of para-hydroxylation sites is 1. The van der Waals surface area contributed by atoms with Crippen molar-refractivity contribution < 1.29 is 9.90 Å². The molecule has 1 unspecified atom stereocenters. The molecule has 0 saturated heterocycles. The first kappa shape index (κ1) is 14.6. The largest absolute Gasteiger partial charge is 0.480 e. The molecule has 1 N–H and O–H groups in total. The molecule has 0 heterocycles. The van der Waals surface area contributed by atoms with Gasteiger partial charge in [0, 0.05) is 12.2 Å². The van der Waals surface area contributed by atoms with Gasteiger partial charge in [-0.1, -0.05) is 32.0 Å². The highest BCUT2D eigenvalue weighted by Gasteiger charge is 2.39. The van der Waals surface area contributed by atoms with Crippen molar-refractivity contribution in [2.45, 2.75) is 39.7 Å². The lowest BCUT2D eigenvalue weighted by atomic mass is 9.88. The molecular formula is C15H23NO2. The van der Waals surface area contributed by atoms with Gasteiger partial charge in [-0.05, 0) is 38.3 Å². The summed E-state index contributed by atoms with van der Waals surface area (Å²) in [5, 5.41) is 9.60. The maximum atomic E-state index is 11.7. The Morgan fingerprint density at radius 3 is 2.28 bits per heavy atom. The number of carbonyl (C=O) groups is 1. The van der Waals surface area contributed by atoms with Crippen LogP contribution in [0.1, 0.15) is 34.1 Å². The molecule has 0 aromatic heterocycles. The van der Waals surface area contributed by atoms with Crippen LogP contribution in [0.3, 0.4) is 0 Å². The zero-order valence-corrected chi connectivity index (χ0v) is 11.7. The average Bonchev–Trinajstić information content (AvgIpc) is 2.30. The Bertz CT molecular complexity index is 389. The smallest absolute Gasteiger partial charge is 0.329 e. The molecule has 100 valence electrons. The number of hydrogen-bond acceptors (Lipinski definition) is 2. The van der Waals surface area contributed by atoms with Crippen LogP contribution in [0, 0.1) is 5.92 Å². The predicted molar refractivity (Wildman–Crippen MR) is 75.0 cm³/mol. The molecule has 0 amide bonds. The minimum Gasteiger partial charge on any atom is -0.480 e. The van der Waals surface area contributed by atoms with E-state index in [-0.39, 0.29) is 0 Å². The van der Waals surface area contributed by atoms with Crippen molar-refractivity contribution in [2.75, 3.05) is 11.4 Å². The van der Waals surface area contributed by atoms with Crippen LogP contribution in [0.4, 0.5) is 5.69 Å². The monoisotopic (exact) mass is 249 g/mol. The van der Waals surface area contributed by atoms with Gasteiger partial charge in [0.1, 0.15) is 5.54 Å².